The van der Waals surface area contributed by atoms with Crippen LogP contribution in [0, 0.1) is 0 Å². The maximum absolute atomic E-state index is 6.57. The van der Waals surface area contributed by atoms with E-state index in [0.717, 1.165) is 61.1 Å². The maximum atomic E-state index is 6.57. The SMILES string of the molecule is CC(C)(P)C(C)(C)O[B]c1cc(-c2cccc(-c3nc(-c4ccccc4)nc(-c4ccccc4)n3)c2)cc(-c2cccc(-c3nc(-c4ccccc4)nc(-c4ccccc4)n3)c2)c1. The van der Waals surface area contributed by atoms with Crippen molar-refractivity contribution >= 4 is 22.2 Å². The van der Waals surface area contributed by atoms with Gasteiger partial charge >= 0.3 is 7.48 Å². The second kappa shape index (κ2) is 17.8. The maximum Gasteiger partial charge on any atom is 0.330 e. The third kappa shape index (κ3) is 9.44. The highest BCUT2D eigenvalue weighted by atomic mass is 31.0. The molecule has 0 amide bonds. The van der Waals surface area contributed by atoms with E-state index in [1.807, 2.05) is 129 Å². The lowest BCUT2D eigenvalue weighted by molar-refractivity contribution is 0.0841. The van der Waals surface area contributed by atoms with E-state index < -0.39 is 5.60 Å². The van der Waals surface area contributed by atoms with E-state index in [4.69, 9.17) is 34.6 Å². The summed E-state index contributed by atoms with van der Waals surface area (Å²) in [6.07, 6.45) is 0. The molecule has 0 aliphatic rings. The molecule has 0 fully saturated rings. The molecule has 1 unspecified atom stereocenters. The van der Waals surface area contributed by atoms with Crippen LogP contribution in [0.25, 0.3) is 90.6 Å². The van der Waals surface area contributed by atoms with Crippen molar-refractivity contribution in [3.63, 3.8) is 0 Å². The van der Waals surface area contributed by atoms with Gasteiger partial charge in [0.2, 0.25) is 0 Å². The van der Waals surface area contributed by atoms with Crippen molar-refractivity contribution in [1.82, 2.24) is 29.9 Å². The highest BCUT2D eigenvalue weighted by molar-refractivity contribution is 7.19. The van der Waals surface area contributed by atoms with Gasteiger partial charge in [-0.2, -0.15) is 0 Å². The summed E-state index contributed by atoms with van der Waals surface area (Å²) in [4.78, 5) is 29.9. The molecule has 0 spiro atoms. The zero-order valence-corrected chi connectivity index (χ0v) is 36.8. The van der Waals surface area contributed by atoms with E-state index in [-0.39, 0.29) is 5.16 Å². The fourth-order valence-corrected chi connectivity index (χ4v) is 7.04. The summed E-state index contributed by atoms with van der Waals surface area (Å²) in [5.74, 6) is 3.65. The Morgan fingerprint density at radius 1 is 0.333 bits per heavy atom. The predicted molar refractivity (Wildman–Crippen MR) is 261 cm³/mol. The van der Waals surface area contributed by atoms with Gasteiger partial charge in [0, 0.05) is 38.5 Å². The molecule has 305 valence electrons. The molecule has 63 heavy (non-hydrogen) atoms. The van der Waals surface area contributed by atoms with Gasteiger partial charge in [0.25, 0.3) is 0 Å². The third-order valence-corrected chi connectivity index (χ3v) is 12.0. The normalized spacial score (nSPS) is 11.6. The monoisotopic (exact) mass is 835 g/mol. The number of benzene rings is 7. The minimum absolute atomic E-state index is 0.184. The predicted octanol–water partition coefficient (Wildman–Crippen LogP) is 12.1. The molecule has 9 aromatic rings. The molecule has 0 saturated heterocycles. The van der Waals surface area contributed by atoms with Crippen LogP contribution in [-0.4, -0.2) is 48.1 Å². The summed E-state index contributed by atoms with van der Waals surface area (Å²) in [6.45, 7) is 8.54. The van der Waals surface area contributed by atoms with Crippen molar-refractivity contribution in [2.75, 3.05) is 0 Å². The molecule has 0 N–H and O–H groups in total. The Bertz CT molecular complexity index is 2710. The second-order valence-corrected chi connectivity index (χ2v) is 18.0. The Labute approximate surface area is 372 Å². The van der Waals surface area contributed by atoms with Crippen LogP contribution >= 0.6 is 9.24 Å². The summed E-state index contributed by atoms with van der Waals surface area (Å²) < 4.78 is 6.57. The van der Waals surface area contributed by atoms with Gasteiger partial charge in [-0.05, 0) is 54.3 Å². The van der Waals surface area contributed by atoms with E-state index in [0.29, 0.717) is 34.9 Å². The van der Waals surface area contributed by atoms with Gasteiger partial charge in [0.1, 0.15) is 0 Å². The van der Waals surface area contributed by atoms with E-state index >= 15 is 0 Å². The zero-order chi connectivity index (χ0) is 43.4. The van der Waals surface area contributed by atoms with E-state index in [2.05, 4.69) is 104 Å². The van der Waals surface area contributed by atoms with Gasteiger partial charge in [-0.3, -0.25) is 0 Å². The number of nitrogens with zero attached hydrogens (tertiary/aromatic N) is 6. The van der Waals surface area contributed by atoms with E-state index in [1.165, 1.54) is 0 Å². The van der Waals surface area contributed by atoms with Crippen molar-refractivity contribution in [2.45, 2.75) is 38.5 Å². The number of hydrogen-bond acceptors (Lipinski definition) is 7. The average Bonchev–Trinajstić information content (AvgIpc) is 3.34. The number of aromatic nitrogens is 6. The van der Waals surface area contributed by atoms with Crippen LogP contribution in [0.5, 0.6) is 0 Å². The minimum atomic E-state index is -0.467. The first-order valence-corrected chi connectivity index (χ1v) is 21.5. The third-order valence-electron chi connectivity index (χ3n) is 11.3. The van der Waals surface area contributed by atoms with Crippen molar-refractivity contribution in [3.05, 3.63) is 188 Å². The van der Waals surface area contributed by atoms with Crippen molar-refractivity contribution in [3.8, 4) is 90.6 Å². The van der Waals surface area contributed by atoms with Crippen LogP contribution in [0.15, 0.2) is 188 Å². The van der Waals surface area contributed by atoms with Crippen LogP contribution in [0.2, 0.25) is 0 Å². The topological polar surface area (TPSA) is 86.6 Å². The summed E-state index contributed by atoms with van der Waals surface area (Å²) >= 11 is 0. The highest BCUT2D eigenvalue weighted by Crippen LogP contribution is 2.35. The summed E-state index contributed by atoms with van der Waals surface area (Å²) in [5.41, 5.74) is 9.94. The fourth-order valence-electron chi connectivity index (χ4n) is 6.97. The van der Waals surface area contributed by atoms with Gasteiger partial charge in [0.15, 0.2) is 34.9 Å². The number of hydrogen-bond donors (Lipinski definition) is 0. The lowest BCUT2D eigenvalue weighted by Gasteiger charge is -2.39. The Morgan fingerprint density at radius 3 is 0.921 bits per heavy atom. The van der Waals surface area contributed by atoms with Gasteiger partial charge in [-0.15, -0.1) is 9.24 Å². The standard InChI is InChI=1S/C54H45BN6OP/c1-53(2,54(3,4)63)62-55-46-34-44(40-27-17-29-42(31-40)51-58-47(36-19-9-5-10-20-36)56-48(59-51)37-21-11-6-12-22-37)33-45(35-46)41-28-18-30-43(32-41)52-60-49(38-23-13-7-14-24-38)57-50(61-52)39-25-15-8-16-26-39/h5-35H,63H2,1-4H3. The molecule has 2 aromatic heterocycles. The first kappa shape index (κ1) is 41.4. The Kier molecular flexibility index (Phi) is 11.7. The lowest BCUT2D eigenvalue weighted by atomic mass is 9.80. The first-order valence-electron chi connectivity index (χ1n) is 21.0. The van der Waals surface area contributed by atoms with Crippen LogP contribution in [-0.2, 0) is 4.65 Å². The number of rotatable bonds is 12. The average molecular weight is 836 g/mol. The van der Waals surface area contributed by atoms with Gasteiger partial charge in [-0.1, -0.05) is 189 Å². The molecule has 1 atom stereocenters. The molecule has 2 heterocycles. The Morgan fingerprint density at radius 2 is 0.603 bits per heavy atom. The molecular formula is C54H45BN6OP. The van der Waals surface area contributed by atoms with Crippen LogP contribution < -0.4 is 5.46 Å². The second-order valence-electron chi connectivity index (χ2n) is 16.5. The van der Waals surface area contributed by atoms with Gasteiger partial charge in [0.05, 0.1) is 5.60 Å². The zero-order valence-electron chi connectivity index (χ0n) is 35.6. The largest absolute Gasteiger partial charge is 0.429 e. The summed E-state index contributed by atoms with van der Waals surface area (Å²) in [5, 5.41) is -0.184. The molecule has 0 bridgehead atoms. The highest BCUT2D eigenvalue weighted by Gasteiger charge is 2.34. The van der Waals surface area contributed by atoms with Gasteiger partial charge in [-0.25, -0.2) is 29.9 Å². The molecule has 9 rings (SSSR count). The van der Waals surface area contributed by atoms with E-state index in [9.17, 15) is 0 Å². The quantitative estimate of drug-likeness (QED) is 0.0895. The summed E-state index contributed by atoms with van der Waals surface area (Å²) in [6, 6.07) is 63.5. The Hall–Kier alpha value is -6.99. The molecule has 0 aliphatic carbocycles. The first-order chi connectivity index (χ1) is 30.6. The van der Waals surface area contributed by atoms with Crippen molar-refractivity contribution in [2.24, 2.45) is 0 Å². The molecule has 7 nitrogen and oxygen atoms in total. The molecule has 0 saturated carbocycles. The van der Waals surface area contributed by atoms with Crippen LogP contribution in [0.3, 0.4) is 0 Å². The smallest absolute Gasteiger partial charge is 0.330 e. The fraction of sp³-hybridized carbons (Fsp3) is 0.111. The van der Waals surface area contributed by atoms with Crippen LogP contribution in [0.1, 0.15) is 27.7 Å². The minimum Gasteiger partial charge on any atom is -0.429 e. The Balaban J connectivity index is 1.15. The lowest BCUT2D eigenvalue weighted by Crippen LogP contribution is -2.45. The van der Waals surface area contributed by atoms with E-state index in [1.54, 1.807) is 0 Å². The molecule has 9 heteroatoms. The molecule has 7 aromatic carbocycles. The van der Waals surface area contributed by atoms with Crippen LogP contribution in [0.4, 0.5) is 0 Å². The molecule has 0 aliphatic heterocycles. The molecular weight excluding hydrogens is 790 g/mol. The summed E-state index contributed by atoms with van der Waals surface area (Å²) in [7, 11) is 4.80. The van der Waals surface area contributed by atoms with Gasteiger partial charge < -0.3 is 4.65 Å². The van der Waals surface area contributed by atoms with Crippen molar-refractivity contribution < 1.29 is 4.65 Å². The van der Waals surface area contributed by atoms with Crippen molar-refractivity contribution in [1.29, 1.82) is 0 Å². The molecule has 1 radical (unpaired) electrons.